The van der Waals surface area contributed by atoms with Crippen molar-refractivity contribution in [3.63, 3.8) is 0 Å². The molecule has 8 heteroatoms. The standard InChI is InChI=1S/C19H23N3O3S.ClH/c1-14-8-9-17(21-19(23)15-6-5-7-16(20)12-15)13-18(14)26(24,25)22-10-3-2-4-11-22;/h5-9,12-13H,2-4,10-11,20H2,1H3,(H,21,23);1H. The number of nitrogens with one attached hydrogen (secondary N) is 1. The lowest BCUT2D eigenvalue weighted by molar-refractivity contribution is 0.102. The Labute approximate surface area is 166 Å². The molecule has 2 aromatic carbocycles. The number of aryl methyl sites for hydroxylation is 1. The van der Waals surface area contributed by atoms with Gasteiger partial charge in [-0.3, -0.25) is 4.79 Å². The van der Waals surface area contributed by atoms with E-state index >= 15 is 0 Å². The highest BCUT2D eigenvalue weighted by atomic mass is 35.5. The molecule has 1 fully saturated rings. The molecule has 0 atom stereocenters. The zero-order valence-electron chi connectivity index (χ0n) is 15.1. The minimum absolute atomic E-state index is 0. The first-order valence-corrected chi connectivity index (χ1v) is 10.1. The molecule has 0 bridgehead atoms. The summed E-state index contributed by atoms with van der Waals surface area (Å²) in [6.45, 7) is 2.85. The van der Waals surface area contributed by atoms with Crippen LogP contribution in [0.25, 0.3) is 0 Å². The number of rotatable bonds is 4. The molecule has 0 aliphatic carbocycles. The van der Waals surface area contributed by atoms with E-state index in [4.69, 9.17) is 5.73 Å². The van der Waals surface area contributed by atoms with Crippen LogP contribution < -0.4 is 11.1 Å². The van der Waals surface area contributed by atoms with Crippen molar-refractivity contribution in [3.05, 3.63) is 53.6 Å². The molecule has 0 radical (unpaired) electrons. The summed E-state index contributed by atoms with van der Waals surface area (Å²) in [4.78, 5) is 12.6. The van der Waals surface area contributed by atoms with Crippen molar-refractivity contribution in [1.82, 2.24) is 4.31 Å². The Morgan fingerprint density at radius 3 is 2.44 bits per heavy atom. The molecular formula is C19H24ClN3O3S. The van der Waals surface area contributed by atoms with Gasteiger partial charge in [0.15, 0.2) is 0 Å². The van der Waals surface area contributed by atoms with E-state index in [1.165, 1.54) is 10.4 Å². The van der Waals surface area contributed by atoms with Gasteiger partial charge in [-0.25, -0.2) is 8.42 Å². The lowest BCUT2D eigenvalue weighted by Gasteiger charge is -2.26. The SMILES string of the molecule is Cc1ccc(NC(=O)c2cccc(N)c2)cc1S(=O)(=O)N1CCCCC1.Cl. The molecule has 146 valence electrons. The van der Waals surface area contributed by atoms with E-state index in [9.17, 15) is 13.2 Å². The maximum absolute atomic E-state index is 13.0. The molecule has 6 nitrogen and oxygen atoms in total. The van der Waals surface area contributed by atoms with Gasteiger partial charge in [0.05, 0.1) is 4.90 Å². The summed E-state index contributed by atoms with van der Waals surface area (Å²) in [6, 6.07) is 11.6. The zero-order chi connectivity index (χ0) is 18.7. The lowest BCUT2D eigenvalue weighted by Crippen LogP contribution is -2.36. The number of benzene rings is 2. The molecule has 2 aromatic rings. The maximum Gasteiger partial charge on any atom is 0.255 e. The van der Waals surface area contributed by atoms with Crippen LogP contribution in [-0.2, 0) is 10.0 Å². The number of piperidine rings is 1. The van der Waals surface area contributed by atoms with Crippen LogP contribution in [0.4, 0.5) is 11.4 Å². The smallest absolute Gasteiger partial charge is 0.255 e. The van der Waals surface area contributed by atoms with Crippen LogP contribution in [0, 0.1) is 6.92 Å². The molecular weight excluding hydrogens is 386 g/mol. The van der Waals surface area contributed by atoms with Gasteiger partial charge in [-0.1, -0.05) is 18.6 Å². The quantitative estimate of drug-likeness (QED) is 0.756. The third-order valence-electron chi connectivity index (χ3n) is 4.53. The van der Waals surface area contributed by atoms with Gasteiger partial charge < -0.3 is 11.1 Å². The van der Waals surface area contributed by atoms with Crippen LogP contribution in [0.3, 0.4) is 0 Å². The van der Waals surface area contributed by atoms with Gasteiger partial charge in [-0.15, -0.1) is 12.4 Å². The zero-order valence-corrected chi connectivity index (χ0v) is 16.8. The number of anilines is 2. The number of halogens is 1. The molecule has 1 saturated heterocycles. The van der Waals surface area contributed by atoms with E-state index < -0.39 is 10.0 Å². The van der Waals surface area contributed by atoms with Crippen LogP contribution in [0.5, 0.6) is 0 Å². The lowest BCUT2D eigenvalue weighted by atomic mass is 10.1. The van der Waals surface area contributed by atoms with Gasteiger partial charge in [0.1, 0.15) is 0 Å². The van der Waals surface area contributed by atoms with Crippen LogP contribution in [-0.4, -0.2) is 31.7 Å². The molecule has 3 rings (SSSR count). The normalized spacial score (nSPS) is 15.0. The summed E-state index contributed by atoms with van der Waals surface area (Å²) < 4.78 is 27.4. The minimum Gasteiger partial charge on any atom is -0.399 e. The highest BCUT2D eigenvalue weighted by Gasteiger charge is 2.27. The van der Waals surface area contributed by atoms with E-state index in [1.807, 2.05) is 0 Å². The third-order valence-corrected chi connectivity index (χ3v) is 6.57. The maximum atomic E-state index is 13.0. The number of carbonyl (C=O) groups excluding carboxylic acids is 1. The van der Waals surface area contributed by atoms with E-state index in [2.05, 4.69) is 5.32 Å². The Kier molecular flexibility index (Phi) is 6.86. The van der Waals surface area contributed by atoms with E-state index in [1.54, 1.807) is 43.3 Å². The average molecular weight is 410 g/mol. The first-order valence-electron chi connectivity index (χ1n) is 8.65. The summed E-state index contributed by atoms with van der Waals surface area (Å²) in [5, 5.41) is 2.75. The van der Waals surface area contributed by atoms with Gasteiger partial charge in [0.25, 0.3) is 5.91 Å². The van der Waals surface area contributed by atoms with E-state index in [-0.39, 0.29) is 23.2 Å². The fourth-order valence-electron chi connectivity index (χ4n) is 3.08. The van der Waals surface area contributed by atoms with Crippen molar-refractivity contribution in [2.24, 2.45) is 0 Å². The number of hydrogen-bond acceptors (Lipinski definition) is 4. The molecule has 0 aromatic heterocycles. The summed E-state index contributed by atoms with van der Waals surface area (Å²) >= 11 is 0. The Bertz CT molecular complexity index is 926. The van der Waals surface area contributed by atoms with Gasteiger partial charge in [-0.2, -0.15) is 4.31 Å². The van der Waals surface area contributed by atoms with Crippen molar-refractivity contribution in [2.75, 3.05) is 24.1 Å². The van der Waals surface area contributed by atoms with E-state index in [0.29, 0.717) is 35.6 Å². The predicted octanol–water partition coefficient (Wildman–Crippen LogP) is 3.43. The third kappa shape index (κ3) is 4.80. The second-order valence-corrected chi connectivity index (χ2v) is 8.43. The topological polar surface area (TPSA) is 92.5 Å². The second kappa shape index (κ2) is 8.73. The Morgan fingerprint density at radius 1 is 1.07 bits per heavy atom. The van der Waals surface area contributed by atoms with Crippen molar-refractivity contribution in [1.29, 1.82) is 0 Å². The Balaban J connectivity index is 0.00000261. The minimum atomic E-state index is -3.56. The van der Waals surface area contributed by atoms with Crippen LogP contribution in [0.2, 0.25) is 0 Å². The molecule has 1 aliphatic rings. The van der Waals surface area contributed by atoms with Crippen molar-refractivity contribution >= 4 is 39.7 Å². The number of hydrogen-bond donors (Lipinski definition) is 2. The number of amides is 1. The molecule has 27 heavy (non-hydrogen) atoms. The molecule has 3 N–H and O–H groups in total. The summed E-state index contributed by atoms with van der Waals surface area (Å²) in [7, 11) is -3.56. The highest BCUT2D eigenvalue weighted by Crippen LogP contribution is 2.26. The van der Waals surface area contributed by atoms with E-state index in [0.717, 1.165) is 19.3 Å². The number of nitrogens with zero attached hydrogens (tertiary/aromatic N) is 1. The summed E-state index contributed by atoms with van der Waals surface area (Å²) in [6.07, 6.45) is 2.82. The van der Waals surface area contributed by atoms with Crippen molar-refractivity contribution in [2.45, 2.75) is 31.1 Å². The molecule has 0 unspecified atom stereocenters. The monoisotopic (exact) mass is 409 g/mol. The fraction of sp³-hybridized carbons (Fsp3) is 0.316. The van der Waals surface area contributed by atoms with Crippen LogP contribution in [0.1, 0.15) is 35.2 Å². The van der Waals surface area contributed by atoms with Gasteiger partial charge >= 0.3 is 0 Å². The van der Waals surface area contributed by atoms with Crippen molar-refractivity contribution < 1.29 is 13.2 Å². The Hall–Kier alpha value is -2.09. The molecule has 0 saturated carbocycles. The van der Waals surface area contributed by atoms with Crippen LogP contribution in [0.15, 0.2) is 47.4 Å². The molecule has 1 amide bonds. The number of carbonyl (C=O) groups is 1. The van der Waals surface area contributed by atoms with Gasteiger partial charge in [0.2, 0.25) is 10.0 Å². The van der Waals surface area contributed by atoms with Gasteiger partial charge in [0, 0.05) is 30.0 Å². The first-order chi connectivity index (χ1) is 12.4. The fourth-order valence-corrected chi connectivity index (χ4v) is 4.85. The Morgan fingerprint density at radius 2 is 1.78 bits per heavy atom. The van der Waals surface area contributed by atoms with Gasteiger partial charge in [-0.05, 0) is 55.7 Å². The predicted molar refractivity (Wildman–Crippen MR) is 110 cm³/mol. The molecule has 1 aliphatic heterocycles. The highest BCUT2D eigenvalue weighted by molar-refractivity contribution is 7.89. The largest absolute Gasteiger partial charge is 0.399 e. The number of sulfonamides is 1. The van der Waals surface area contributed by atoms with Crippen LogP contribution >= 0.6 is 12.4 Å². The average Bonchev–Trinajstić information content (AvgIpc) is 2.64. The second-order valence-electron chi connectivity index (χ2n) is 6.52. The first kappa shape index (κ1) is 21.2. The summed E-state index contributed by atoms with van der Waals surface area (Å²) in [5.41, 5.74) is 7.73. The molecule has 0 spiro atoms. The molecule has 1 heterocycles. The number of nitrogen functional groups attached to an aromatic ring is 1. The summed E-state index contributed by atoms with van der Waals surface area (Å²) in [5.74, 6) is -0.331. The number of nitrogens with two attached hydrogens (primary N) is 1. The van der Waals surface area contributed by atoms with Crippen molar-refractivity contribution in [3.8, 4) is 0 Å².